The monoisotopic (exact) mass is 157 g/mol. The van der Waals surface area contributed by atoms with Crippen molar-refractivity contribution in [3.63, 3.8) is 0 Å². The molecular weight excluding hydrogens is 138 g/mol. The number of likely N-dealkylation sites (N-methyl/N-ethyl adjacent to an activating group) is 1. The molecule has 0 aliphatic carbocycles. The van der Waals surface area contributed by atoms with Gasteiger partial charge >= 0.3 is 0 Å². The molecule has 1 aliphatic rings. The topological polar surface area (TPSA) is 12.5 Å². The molecule has 0 amide bonds. The van der Waals surface area contributed by atoms with Crippen LogP contribution in [0.2, 0.25) is 0 Å². The van der Waals surface area contributed by atoms with Crippen LogP contribution >= 0.6 is 0 Å². The Bertz CT molecular complexity index is 150. The van der Waals surface area contributed by atoms with E-state index < -0.39 is 0 Å². The molecule has 2 nitrogen and oxygen atoms in total. The van der Waals surface area contributed by atoms with Crippen molar-refractivity contribution in [2.45, 2.75) is 33.4 Å². The van der Waals surface area contributed by atoms with Gasteiger partial charge in [-0.2, -0.15) is 0 Å². The molecule has 66 valence electrons. The molecule has 0 spiro atoms. The van der Waals surface area contributed by atoms with Crippen molar-refractivity contribution >= 4 is 0 Å². The van der Waals surface area contributed by atoms with Crippen LogP contribution in [-0.2, 0) is 4.74 Å². The Hall–Kier alpha value is -0.0800. The molecule has 0 radical (unpaired) electrons. The van der Waals surface area contributed by atoms with Crippen LogP contribution in [0.5, 0.6) is 0 Å². The van der Waals surface area contributed by atoms with Gasteiger partial charge in [-0.1, -0.05) is 20.8 Å². The molecule has 1 rings (SSSR count). The summed E-state index contributed by atoms with van der Waals surface area (Å²) in [7, 11) is 2.12. The molecule has 1 heterocycles. The average Bonchev–Trinajstić information content (AvgIpc) is 2.12. The zero-order valence-corrected chi connectivity index (χ0v) is 8.27. The lowest BCUT2D eigenvalue weighted by molar-refractivity contribution is -0.133. The average molecular weight is 157 g/mol. The number of rotatable bonds is 0. The first-order chi connectivity index (χ1) is 4.88. The smallest absolute Gasteiger partial charge is 0.123 e. The molecule has 1 fully saturated rings. The fourth-order valence-electron chi connectivity index (χ4n) is 1.49. The number of hydrogen-bond acceptors (Lipinski definition) is 2. The van der Waals surface area contributed by atoms with Gasteiger partial charge in [-0.15, -0.1) is 0 Å². The van der Waals surface area contributed by atoms with Gasteiger partial charge in [-0.3, -0.25) is 4.90 Å². The first-order valence-corrected chi connectivity index (χ1v) is 4.23. The fraction of sp³-hybridized carbons (Fsp3) is 1.00. The summed E-state index contributed by atoms with van der Waals surface area (Å²) in [5.74, 6) is 0. The van der Waals surface area contributed by atoms with Crippen LogP contribution in [0.25, 0.3) is 0 Å². The molecule has 1 atom stereocenters. The molecule has 0 saturated carbocycles. The molecule has 0 bridgehead atoms. The zero-order valence-electron chi connectivity index (χ0n) is 8.27. The Morgan fingerprint density at radius 3 is 2.09 bits per heavy atom. The van der Waals surface area contributed by atoms with E-state index >= 15 is 0 Å². The Morgan fingerprint density at radius 1 is 1.36 bits per heavy atom. The minimum Gasteiger partial charge on any atom is -0.359 e. The summed E-state index contributed by atoms with van der Waals surface area (Å²) in [6.07, 6.45) is 0. The van der Waals surface area contributed by atoms with Gasteiger partial charge in [0.2, 0.25) is 0 Å². The minimum absolute atomic E-state index is 0.0764. The van der Waals surface area contributed by atoms with Crippen molar-refractivity contribution in [3.8, 4) is 0 Å². The van der Waals surface area contributed by atoms with Crippen LogP contribution < -0.4 is 0 Å². The molecular formula is C9H19NO. The van der Waals surface area contributed by atoms with Gasteiger partial charge in [0, 0.05) is 12.0 Å². The van der Waals surface area contributed by atoms with Crippen molar-refractivity contribution in [3.05, 3.63) is 0 Å². The third-order valence-electron chi connectivity index (χ3n) is 2.93. The van der Waals surface area contributed by atoms with Gasteiger partial charge in [0.25, 0.3) is 0 Å². The van der Waals surface area contributed by atoms with E-state index in [0.29, 0.717) is 0 Å². The lowest BCUT2D eigenvalue weighted by Crippen LogP contribution is -2.50. The normalized spacial score (nSPS) is 34.6. The highest BCUT2D eigenvalue weighted by atomic mass is 16.5. The summed E-state index contributed by atoms with van der Waals surface area (Å²) >= 11 is 0. The molecule has 0 aromatic rings. The van der Waals surface area contributed by atoms with Crippen LogP contribution in [0.1, 0.15) is 27.7 Å². The first kappa shape index (κ1) is 9.01. The fourth-order valence-corrected chi connectivity index (χ4v) is 1.49. The SMILES string of the molecule is CN1CCOC1(C)C(C)(C)C. The highest BCUT2D eigenvalue weighted by molar-refractivity contribution is 4.90. The van der Waals surface area contributed by atoms with Crippen molar-refractivity contribution < 1.29 is 4.74 Å². The predicted octanol–water partition coefficient (Wildman–Crippen LogP) is 1.71. The molecule has 1 aliphatic heterocycles. The van der Waals surface area contributed by atoms with Crippen LogP contribution in [0.15, 0.2) is 0 Å². The minimum atomic E-state index is -0.0764. The molecule has 2 heteroatoms. The van der Waals surface area contributed by atoms with Crippen LogP contribution in [0.3, 0.4) is 0 Å². The van der Waals surface area contributed by atoms with Crippen LogP contribution in [0, 0.1) is 5.41 Å². The van der Waals surface area contributed by atoms with Gasteiger partial charge < -0.3 is 4.74 Å². The standard InChI is InChI=1S/C9H19NO/c1-8(2,3)9(4)10(5)6-7-11-9/h6-7H2,1-5H3. The first-order valence-electron chi connectivity index (χ1n) is 4.23. The van der Waals surface area contributed by atoms with E-state index in [2.05, 4.69) is 39.6 Å². The van der Waals surface area contributed by atoms with Gasteiger partial charge in [0.15, 0.2) is 0 Å². The maximum Gasteiger partial charge on any atom is 0.123 e. The van der Waals surface area contributed by atoms with Crippen LogP contribution in [-0.4, -0.2) is 30.8 Å². The summed E-state index contributed by atoms with van der Waals surface area (Å²) in [4.78, 5) is 2.28. The van der Waals surface area contributed by atoms with Crippen molar-refractivity contribution in [1.29, 1.82) is 0 Å². The third-order valence-corrected chi connectivity index (χ3v) is 2.93. The van der Waals surface area contributed by atoms with Gasteiger partial charge in [0.1, 0.15) is 5.72 Å². The van der Waals surface area contributed by atoms with Crippen molar-refractivity contribution in [2.24, 2.45) is 5.41 Å². The highest BCUT2D eigenvalue weighted by Gasteiger charge is 2.45. The number of ether oxygens (including phenoxy) is 1. The maximum atomic E-state index is 5.74. The second kappa shape index (κ2) is 2.46. The molecule has 1 unspecified atom stereocenters. The lowest BCUT2D eigenvalue weighted by atomic mass is 9.83. The van der Waals surface area contributed by atoms with E-state index in [0.717, 1.165) is 13.2 Å². The molecule has 11 heavy (non-hydrogen) atoms. The number of nitrogens with zero attached hydrogens (tertiary/aromatic N) is 1. The molecule has 0 N–H and O–H groups in total. The summed E-state index contributed by atoms with van der Waals surface area (Å²) in [5.41, 5.74) is 0.116. The van der Waals surface area contributed by atoms with Crippen molar-refractivity contribution in [2.75, 3.05) is 20.2 Å². The molecule has 0 aromatic carbocycles. The zero-order chi connectivity index (χ0) is 8.70. The predicted molar refractivity (Wildman–Crippen MR) is 46.4 cm³/mol. The Balaban J connectivity index is 2.81. The van der Waals surface area contributed by atoms with E-state index in [1.807, 2.05) is 0 Å². The lowest BCUT2D eigenvalue weighted by Gasteiger charge is -2.42. The van der Waals surface area contributed by atoms with E-state index in [1.54, 1.807) is 0 Å². The second-order valence-corrected chi connectivity index (χ2v) is 4.50. The summed E-state index contributed by atoms with van der Waals surface area (Å²) in [5, 5.41) is 0. The number of hydrogen-bond donors (Lipinski definition) is 0. The molecule has 0 aromatic heterocycles. The van der Waals surface area contributed by atoms with E-state index in [-0.39, 0.29) is 11.1 Å². The summed E-state index contributed by atoms with van der Waals surface area (Å²) in [6, 6.07) is 0. The highest BCUT2D eigenvalue weighted by Crippen LogP contribution is 2.38. The van der Waals surface area contributed by atoms with Crippen molar-refractivity contribution in [1.82, 2.24) is 4.90 Å². The van der Waals surface area contributed by atoms with E-state index in [4.69, 9.17) is 4.74 Å². The van der Waals surface area contributed by atoms with E-state index in [1.165, 1.54) is 0 Å². The van der Waals surface area contributed by atoms with Gasteiger partial charge in [-0.05, 0) is 14.0 Å². The third kappa shape index (κ3) is 1.30. The Kier molecular flexibility index (Phi) is 2.01. The quantitative estimate of drug-likeness (QED) is 0.531. The van der Waals surface area contributed by atoms with E-state index in [9.17, 15) is 0 Å². The summed E-state index contributed by atoms with van der Waals surface area (Å²) in [6.45, 7) is 10.7. The summed E-state index contributed by atoms with van der Waals surface area (Å²) < 4.78 is 5.74. The van der Waals surface area contributed by atoms with Gasteiger partial charge in [0.05, 0.1) is 6.61 Å². The molecule has 1 saturated heterocycles. The van der Waals surface area contributed by atoms with Crippen LogP contribution in [0.4, 0.5) is 0 Å². The second-order valence-electron chi connectivity index (χ2n) is 4.50. The Labute approximate surface area is 69.5 Å². The largest absolute Gasteiger partial charge is 0.359 e. The Morgan fingerprint density at radius 2 is 1.91 bits per heavy atom. The maximum absolute atomic E-state index is 5.74. The van der Waals surface area contributed by atoms with Gasteiger partial charge in [-0.25, -0.2) is 0 Å².